The summed E-state index contributed by atoms with van der Waals surface area (Å²) in [7, 11) is 0. The molecule has 0 radical (unpaired) electrons. The third-order valence-corrected chi connectivity index (χ3v) is 2.11. The van der Waals surface area contributed by atoms with Crippen LogP contribution in [0, 0.1) is 0 Å². The number of benzene rings is 1. The Bertz CT molecular complexity index is 246. The summed E-state index contributed by atoms with van der Waals surface area (Å²) in [5, 5.41) is 17.8. The number of hydrogen-bond acceptors (Lipinski definition) is 3. The highest BCUT2D eigenvalue weighted by molar-refractivity contribution is 5.40. The lowest BCUT2D eigenvalue weighted by atomic mass is 9.97. The van der Waals surface area contributed by atoms with Gasteiger partial charge in [-0.15, -0.1) is 0 Å². The number of aliphatic hydroxyl groups is 2. The highest BCUT2D eigenvalue weighted by Crippen LogP contribution is 2.19. The number of anilines is 1. The minimum atomic E-state index is 0.0191. The van der Waals surface area contributed by atoms with Gasteiger partial charge in [0.15, 0.2) is 0 Å². The van der Waals surface area contributed by atoms with Gasteiger partial charge in [-0.1, -0.05) is 12.1 Å². The first kappa shape index (κ1) is 10.0. The Kier molecular flexibility index (Phi) is 3.73. The van der Waals surface area contributed by atoms with Crippen LogP contribution in [0.4, 0.5) is 5.69 Å². The summed E-state index contributed by atoms with van der Waals surface area (Å²) >= 11 is 0. The molecule has 3 nitrogen and oxygen atoms in total. The molecule has 0 fully saturated rings. The number of rotatable bonds is 4. The molecule has 0 amide bonds. The van der Waals surface area contributed by atoms with E-state index in [1.165, 1.54) is 0 Å². The molecule has 3 heteroatoms. The van der Waals surface area contributed by atoms with Crippen LogP contribution in [0.2, 0.25) is 0 Å². The van der Waals surface area contributed by atoms with Crippen LogP contribution in [-0.2, 0) is 0 Å². The summed E-state index contributed by atoms with van der Waals surface area (Å²) in [4.78, 5) is 0. The average Bonchev–Trinajstić information content (AvgIpc) is 2.16. The fourth-order valence-electron chi connectivity index (χ4n) is 1.29. The lowest BCUT2D eigenvalue weighted by Gasteiger charge is -2.12. The standard InChI is InChI=1S/C10H15NO2/c11-10-3-1-8(2-4-10)9(7-13)5-6-12/h1-4,9,12-13H,5-7,11H2. The molecule has 1 unspecified atom stereocenters. The van der Waals surface area contributed by atoms with Crippen LogP contribution in [0.3, 0.4) is 0 Å². The van der Waals surface area contributed by atoms with Crippen molar-refractivity contribution < 1.29 is 10.2 Å². The van der Waals surface area contributed by atoms with Gasteiger partial charge in [0, 0.05) is 18.2 Å². The molecule has 4 N–H and O–H groups in total. The summed E-state index contributed by atoms with van der Waals surface area (Å²) in [5.74, 6) is 0.0191. The molecule has 1 atom stereocenters. The zero-order chi connectivity index (χ0) is 9.68. The van der Waals surface area contributed by atoms with E-state index in [2.05, 4.69) is 0 Å². The molecule has 0 aliphatic carbocycles. The summed E-state index contributed by atoms with van der Waals surface area (Å²) in [5.41, 5.74) is 7.26. The lowest BCUT2D eigenvalue weighted by molar-refractivity contribution is 0.220. The molecule has 0 heterocycles. The van der Waals surface area contributed by atoms with Crippen LogP contribution in [0.15, 0.2) is 24.3 Å². The molecular weight excluding hydrogens is 166 g/mol. The molecule has 1 rings (SSSR count). The second-order valence-corrected chi connectivity index (χ2v) is 3.06. The molecule has 0 aromatic heterocycles. The molecule has 0 saturated carbocycles. The van der Waals surface area contributed by atoms with Gasteiger partial charge >= 0.3 is 0 Å². The zero-order valence-electron chi connectivity index (χ0n) is 7.48. The maximum absolute atomic E-state index is 9.04. The van der Waals surface area contributed by atoms with Crippen LogP contribution in [0.25, 0.3) is 0 Å². The van der Waals surface area contributed by atoms with Crippen molar-refractivity contribution in [1.82, 2.24) is 0 Å². The summed E-state index contributed by atoms with van der Waals surface area (Å²) in [6, 6.07) is 7.36. The molecule has 1 aromatic rings. The highest BCUT2D eigenvalue weighted by atomic mass is 16.3. The van der Waals surface area contributed by atoms with Gasteiger partial charge in [-0.25, -0.2) is 0 Å². The third-order valence-electron chi connectivity index (χ3n) is 2.11. The normalized spacial score (nSPS) is 12.8. The maximum atomic E-state index is 9.04. The second-order valence-electron chi connectivity index (χ2n) is 3.06. The van der Waals surface area contributed by atoms with Crippen molar-refractivity contribution in [2.24, 2.45) is 0 Å². The van der Waals surface area contributed by atoms with Crippen LogP contribution in [-0.4, -0.2) is 23.4 Å². The number of aliphatic hydroxyl groups excluding tert-OH is 2. The molecule has 0 aliphatic heterocycles. The van der Waals surface area contributed by atoms with Crippen molar-refractivity contribution in [3.05, 3.63) is 29.8 Å². The van der Waals surface area contributed by atoms with E-state index >= 15 is 0 Å². The van der Waals surface area contributed by atoms with Gasteiger partial charge in [0.2, 0.25) is 0 Å². The van der Waals surface area contributed by atoms with Crippen molar-refractivity contribution >= 4 is 5.69 Å². The van der Waals surface area contributed by atoms with E-state index < -0.39 is 0 Å². The third kappa shape index (κ3) is 2.72. The van der Waals surface area contributed by atoms with Crippen molar-refractivity contribution in [3.8, 4) is 0 Å². The molecule has 72 valence electrons. The molecule has 13 heavy (non-hydrogen) atoms. The number of nitrogens with two attached hydrogens (primary N) is 1. The Morgan fingerprint density at radius 2 is 1.77 bits per heavy atom. The van der Waals surface area contributed by atoms with Gasteiger partial charge in [0.25, 0.3) is 0 Å². The Morgan fingerprint density at radius 3 is 2.23 bits per heavy atom. The minimum Gasteiger partial charge on any atom is -0.399 e. The first-order valence-corrected chi connectivity index (χ1v) is 4.35. The smallest absolute Gasteiger partial charge is 0.0500 e. The predicted molar refractivity (Wildman–Crippen MR) is 52.4 cm³/mol. The van der Waals surface area contributed by atoms with E-state index in [-0.39, 0.29) is 19.1 Å². The summed E-state index contributed by atoms with van der Waals surface area (Å²) in [6.07, 6.45) is 0.584. The first-order chi connectivity index (χ1) is 6.27. The van der Waals surface area contributed by atoms with E-state index in [9.17, 15) is 0 Å². The van der Waals surface area contributed by atoms with Crippen molar-refractivity contribution in [3.63, 3.8) is 0 Å². The number of hydrogen-bond donors (Lipinski definition) is 3. The van der Waals surface area contributed by atoms with Crippen molar-refractivity contribution in [2.75, 3.05) is 18.9 Å². The molecule has 0 bridgehead atoms. The molecule has 0 spiro atoms. The largest absolute Gasteiger partial charge is 0.399 e. The van der Waals surface area contributed by atoms with Gasteiger partial charge in [-0.05, 0) is 24.1 Å². The first-order valence-electron chi connectivity index (χ1n) is 4.35. The van der Waals surface area contributed by atoms with Crippen LogP contribution < -0.4 is 5.73 Å². The minimum absolute atomic E-state index is 0.0191. The van der Waals surface area contributed by atoms with E-state index in [1.54, 1.807) is 12.1 Å². The second kappa shape index (κ2) is 4.84. The predicted octanol–water partition coefficient (Wildman–Crippen LogP) is 0.727. The van der Waals surface area contributed by atoms with Crippen LogP contribution in [0.5, 0.6) is 0 Å². The van der Waals surface area contributed by atoms with Crippen molar-refractivity contribution in [1.29, 1.82) is 0 Å². The van der Waals surface area contributed by atoms with Gasteiger partial charge in [-0.3, -0.25) is 0 Å². The fraction of sp³-hybridized carbons (Fsp3) is 0.400. The van der Waals surface area contributed by atoms with Crippen molar-refractivity contribution in [2.45, 2.75) is 12.3 Å². The zero-order valence-corrected chi connectivity index (χ0v) is 7.48. The lowest BCUT2D eigenvalue weighted by Crippen LogP contribution is -2.06. The summed E-state index contributed by atoms with van der Waals surface area (Å²) < 4.78 is 0. The van der Waals surface area contributed by atoms with Gasteiger partial charge in [0.05, 0.1) is 6.61 Å². The SMILES string of the molecule is Nc1ccc(C(CO)CCO)cc1. The Morgan fingerprint density at radius 1 is 1.15 bits per heavy atom. The Balaban J connectivity index is 2.73. The van der Waals surface area contributed by atoms with Gasteiger partial charge in [0.1, 0.15) is 0 Å². The molecule has 0 aliphatic rings. The molecule has 1 aromatic carbocycles. The van der Waals surface area contributed by atoms with Crippen LogP contribution >= 0.6 is 0 Å². The Labute approximate surface area is 77.8 Å². The van der Waals surface area contributed by atoms with E-state index in [1.807, 2.05) is 12.1 Å². The molecule has 0 saturated heterocycles. The van der Waals surface area contributed by atoms with Gasteiger partial charge < -0.3 is 15.9 Å². The van der Waals surface area contributed by atoms with Crippen LogP contribution in [0.1, 0.15) is 17.9 Å². The quantitative estimate of drug-likeness (QED) is 0.600. The van der Waals surface area contributed by atoms with E-state index in [0.717, 1.165) is 5.56 Å². The monoisotopic (exact) mass is 181 g/mol. The van der Waals surface area contributed by atoms with Gasteiger partial charge in [-0.2, -0.15) is 0 Å². The summed E-state index contributed by atoms with van der Waals surface area (Å²) in [6.45, 7) is 0.153. The number of nitrogen functional groups attached to an aromatic ring is 1. The molecular formula is C10H15NO2. The average molecular weight is 181 g/mol. The Hall–Kier alpha value is -1.06. The highest BCUT2D eigenvalue weighted by Gasteiger charge is 2.08. The maximum Gasteiger partial charge on any atom is 0.0500 e. The van der Waals surface area contributed by atoms with E-state index in [0.29, 0.717) is 12.1 Å². The topological polar surface area (TPSA) is 66.5 Å². The fourth-order valence-corrected chi connectivity index (χ4v) is 1.29. The van der Waals surface area contributed by atoms with E-state index in [4.69, 9.17) is 15.9 Å².